The van der Waals surface area contributed by atoms with Gasteiger partial charge in [-0.15, -0.1) is 0 Å². The number of pyridine rings is 1. The Balaban J connectivity index is 1.56. The molecule has 3 rings (SSSR count). The van der Waals surface area contributed by atoms with E-state index < -0.39 is 0 Å². The van der Waals surface area contributed by atoms with E-state index in [0.29, 0.717) is 5.75 Å². The molecule has 0 spiro atoms. The first-order chi connectivity index (χ1) is 9.31. The molecule has 1 heterocycles. The average Bonchev–Trinajstić information content (AvgIpc) is 3.27. The van der Waals surface area contributed by atoms with Crippen LogP contribution in [0.4, 0.5) is 0 Å². The summed E-state index contributed by atoms with van der Waals surface area (Å²) in [4.78, 5) is 16.2. The van der Waals surface area contributed by atoms with Gasteiger partial charge in [0.2, 0.25) is 5.91 Å². The van der Waals surface area contributed by atoms with Gasteiger partial charge in [0.05, 0.1) is 16.3 Å². The number of hydrogen-bond acceptors (Lipinski definition) is 3. The number of nitrogens with one attached hydrogen (secondary N) is 1. The van der Waals surface area contributed by atoms with Crippen LogP contribution in [-0.2, 0) is 4.79 Å². The second kappa shape index (κ2) is 5.61. The summed E-state index contributed by atoms with van der Waals surface area (Å²) in [6.45, 7) is 0.838. The van der Waals surface area contributed by atoms with Crippen molar-refractivity contribution in [2.45, 2.75) is 17.9 Å². The molecule has 0 bridgehead atoms. The second-order valence-corrected chi connectivity index (χ2v) is 5.87. The number of para-hydroxylation sites is 1. The number of nitrogens with zero attached hydrogens (tertiary/aromatic N) is 1. The topological polar surface area (TPSA) is 42.0 Å². The number of fused-ring (bicyclic) bond motifs is 1. The van der Waals surface area contributed by atoms with Crippen LogP contribution in [-0.4, -0.2) is 23.2 Å². The summed E-state index contributed by atoms with van der Waals surface area (Å²) in [6.07, 6.45) is 2.53. The zero-order valence-electron chi connectivity index (χ0n) is 10.6. The fraction of sp³-hybridized carbons (Fsp3) is 0.333. The summed E-state index contributed by atoms with van der Waals surface area (Å²) in [7, 11) is 0. The Morgan fingerprint density at radius 2 is 2.11 bits per heavy atom. The van der Waals surface area contributed by atoms with Crippen molar-refractivity contribution in [2.75, 3.05) is 12.3 Å². The summed E-state index contributed by atoms with van der Waals surface area (Å²) in [5, 5.41) is 5.00. The van der Waals surface area contributed by atoms with Crippen LogP contribution in [0, 0.1) is 5.92 Å². The molecule has 0 aliphatic heterocycles. The minimum Gasteiger partial charge on any atom is -0.355 e. The fourth-order valence-corrected chi connectivity index (χ4v) is 2.61. The number of aromatic nitrogens is 1. The lowest BCUT2D eigenvalue weighted by atomic mass is 10.2. The second-order valence-electron chi connectivity index (χ2n) is 4.88. The highest BCUT2D eigenvalue weighted by molar-refractivity contribution is 7.99. The first-order valence-corrected chi connectivity index (χ1v) is 7.55. The molecule has 1 aliphatic carbocycles. The molecular formula is C15H16N2OS. The zero-order valence-corrected chi connectivity index (χ0v) is 11.5. The van der Waals surface area contributed by atoms with E-state index in [0.717, 1.165) is 28.4 Å². The number of rotatable bonds is 5. The Hall–Kier alpha value is -1.55. The third kappa shape index (κ3) is 3.47. The predicted octanol–water partition coefficient (Wildman–Crippen LogP) is 2.85. The van der Waals surface area contributed by atoms with Crippen LogP contribution < -0.4 is 5.32 Å². The van der Waals surface area contributed by atoms with Crippen LogP contribution in [0.2, 0.25) is 0 Å². The lowest BCUT2D eigenvalue weighted by Gasteiger charge is -2.04. The Morgan fingerprint density at radius 3 is 2.95 bits per heavy atom. The van der Waals surface area contributed by atoms with Gasteiger partial charge in [-0.2, -0.15) is 0 Å². The van der Waals surface area contributed by atoms with Crippen LogP contribution in [0.3, 0.4) is 0 Å². The highest BCUT2D eigenvalue weighted by atomic mass is 32.2. The van der Waals surface area contributed by atoms with Gasteiger partial charge in [0, 0.05) is 11.9 Å². The van der Waals surface area contributed by atoms with Gasteiger partial charge < -0.3 is 5.32 Å². The monoisotopic (exact) mass is 272 g/mol. The predicted molar refractivity (Wildman–Crippen MR) is 78.2 cm³/mol. The first kappa shape index (κ1) is 12.5. The van der Waals surface area contributed by atoms with E-state index in [1.54, 1.807) is 0 Å². The molecule has 3 nitrogen and oxygen atoms in total. The van der Waals surface area contributed by atoms with E-state index in [4.69, 9.17) is 0 Å². The quantitative estimate of drug-likeness (QED) is 0.851. The maximum atomic E-state index is 11.7. The molecule has 1 aromatic carbocycles. The zero-order chi connectivity index (χ0) is 13.1. The summed E-state index contributed by atoms with van der Waals surface area (Å²) >= 11 is 1.49. The molecule has 0 radical (unpaired) electrons. The lowest BCUT2D eigenvalue weighted by Crippen LogP contribution is -2.27. The van der Waals surface area contributed by atoms with E-state index in [1.807, 2.05) is 36.4 Å². The lowest BCUT2D eigenvalue weighted by molar-refractivity contribution is -0.118. The van der Waals surface area contributed by atoms with Crippen molar-refractivity contribution in [3.63, 3.8) is 0 Å². The standard InChI is InChI=1S/C15H16N2OS/c18-14(16-9-11-5-6-11)10-19-15-8-7-12-3-1-2-4-13(12)17-15/h1-4,7-8,11H,5-6,9-10H2,(H,16,18). The Morgan fingerprint density at radius 1 is 1.26 bits per heavy atom. The third-order valence-corrected chi connectivity index (χ3v) is 4.14. The molecule has 2 aromatic rings. The van der Waals surface area contributed by atoms with Gasteiger partial charge in [0.1, 0.15) is 0 Å². The number of hydrogen-bond donors (Lipinski definition) is 1. The smallest absolute Gasteiger partial charge is 0.230 e. The molecular weight excluding hydrogens is 256 g/mol. The van der Waals surface area contributed by atoms with Crippen LogP contribution in [0.5, 0.6) is 0 Å². The normalized spacial score (nSPS) is 14.5. The van der Waals surface area contributed by atoms with Crippen molar-refractivity contribution in [2.24, 2.45) is 5.92 Å². The summed E-state index contributed by atoms with van der Waals surface area (Å²) in [5.74, 6) is 1.28. The minimum atomic E-state index is 0.104. The highest BCUT2D eigenvalue weighted by Crippen LogP contribution is 2.27. The van der Waals surface area contributed by atoms with Gasteiger partial charge >= 0.3 is 0 Å². The molecule has 1 aromatic heterocycles. The summed E-state index contributed by atoms with van der Waals surface area (Å²) in [5.41, 5.74) is 0.978. The Kier molecular flexibility index (Phi) is 3.69. The van der Waals surface area contributed by atoms with Crippen LogP contribution in [0.15, 0.2) is 41.4 Å². The molecule has 1 aliphatic rings. The number of carbonyl (C=O) groups excluding carboxylic acids is 1. The molecule has 4 heteroatoms. The van der Waals surface area contributed by atoms with Crippen molar-refractivity contribution in [3.05, 3.63) is 36.4 Å². The number of amides is 1. The van der Waals surface area contributed by atoms with Crippen molar-refractivity contribution in [1.82, 2.24) is 10.3 Å². The molecule has 0 atom stereocenters. The first-order valence-electron chi connectivity index (χ1n) is 6.56. The van der Waals surface area contributed by atoms with Crippen LogP contribution in [0.25, 0.3) is 10.9 Å². The van der Waals surface area contributed by atoms with E-state index in [-0.39, 0.29) is 5.91 Å². The molecule has 0 unspecified atom stereocenters. The van der Waals surface area contributed by atoms with E-state index in [2.05, 4.69) is 10.3 Å². The van der Waals surface area contributed by atoms with E-state index in [9.17, 15) is 4.79 Å². The largest absolute Gasteiger partial charge is 0.355 e. The average molecular weight is 272 g/mol. The molecule has 1 amide bonds. The van der Waals surface area contributed by atoms with Gasteiger partial charge in [0.15, 0.2) is 0 Å². The van der Waals surface area contributed by atoms with Crippen LogP contribution in [0.1, 0.15) is 12.8 Å². The van der Waals surface area contributed by atoms with E-state index >= 15 is 0 Å². The van der Waals surface area contributed by atoms with Gasteiger partial charge in [0.25, 0.3) is 0 Å². The Bertz CT molecular complexity index is 595. The fourth-order valence-electron chi connectivity index (χ4n) is 1.90. The summed E-state index contributed by atoms with van der Waals surface area (Å²) < 4.78 is 0. The molecule has 1 N–H and O–H groups in total. The van der Waals surface area contributed by atoms with Gasteiger partial charge in [-0.05, 0) is 30.9 Å². The van der Waals surface area contributed by atoms with Crippen molar-refractivity contribution in [1.29, 1.82) is 0 Å². The maximum absolute atomic E-state index is 11.7. The summed E-state index contributed by atoms with van der Waals surface area (Å²) in [6, 6.07) is 12.0. The SMILES string of the molecule is O=C(CSc1ccc2ccccc2n1)NCC1CC1. The van der Waals surface area contributed by atoms with Crippen molar-refractivity contribution >= 4 is 28.6 Å². The molecule has 1 fully saturated rings. The molecule has 98 valence electrons. The van der Waals surface area contributed by atoms with Crippen molar-refractivity contribution < 1.29 is 4.79 Å². The van der Waals surface area contributed by atoms with Gasteiger partial charge in [-0.1, -0.05) is 36.0 Å². The third-order valence-electron chi connectivity index (χ3n) is 3.21. The Labute approximate surface area is 116 Å². The minimum absolute atomic E-state index is 0.104. The highest BCUT2D eigenvalue weighted by Gasteiger charge is 2.21. The number of carbonyl (C=O) groups is 1. The number of thioether (sulfide) groups is 1. The van der Waals surface area contributed by atoms with Crippen molar-refractivity contribution in [3.8, 4) is 0 Å². The van der Waals surface area contributed by atoms with Gasteiger partial charge in [-0.3, -0.25) is 4.79 Å². The van der Waals surface area contributed by atoms with E-state index in [1.165, 1.54) is 24.6 Å². The van der Waals surface area contributed by atoms with Crippen LogP contribution >= 0.6 is 11.8 Å². The molecule has 19 heavy (non-hydrogen) atoms. The number of benzene rings is 1. The maximum Gasteiger partial charge on any atom is 0.230 e. The van der Waals surface area contributed by atoms with Gasteiger partial charge in [-0.25, -0.2) is 4.98 Å². The molecule has 0 saturated heterocycles. The molecule has 1 saturated carbocycles.